The SMILES string of the molecule is CN(C)CC1CCN(C(=O)c2ccnc(C(=O)O)c2)CC1. The summed E-state index contributed by atoms with van der Waals surface area (Å²) < 4.78 is 0. The Kier molecular flexibility index (Phi) is 4.90. The molecule has 1 fully saturated rings. The molecule has 2 heterocycles. The molecule has 0 spiro atoms. The molecule has 6 nitrogen and oxygen atoms in total. The first kappa shape index (κ1) is 15.4. The number of amides is 1. The van der Waals surface area contributed by atoms with Crippen LogP contribution < -0.4 is 0 Å². The summed E-state index contributed by atoms with van der Waals surface area (Å²) in [6, 6.07) is 2.91. The number of aromatic nitrogens is 1. The molecular formula is C15H21N3O3. The molecule has 0 unspecified atom stereocenters. The number of pyridine rings is 1. The molecule has 21 heavy (non-hydrogen) atoms. The van der Waals surface area contributed by atoms with E-state index in [0.29, 0.717) is 11.5 Å². The molecule has 0 saturated carbocycles. The lowest BCUT2D eigenvalue weighted by Crippen LogP contribution is -2.40. The molecule has 1 aromatic heterocycles. The number of carboxylic acid groups (broad SMARTS) is 1. The normalized spacial score (nSPS) is 16.2. The van der Waals surface area contributed by atoms with Crippen LogP contribution in [0.1, 0.15) is 33.7 Å². The maximum absolute atomic E-state index is 12.4. The van der Waals surface area contributed by atoms with Crippen LogP contribution in [0.25, 0.3) is 0 Å². The first-order valence-corrected chi connectivity index (χ1v) is 7.10. The molecule has 1 amide bonds. The molecule has 0 bridgehead atoms. The molecule has 1 saturated heterocycles. The third-order valence-corrected chi connectivity index (χ3v) is 3.75. The second-order valence-electron chi connectivity index (χ2n) is 5.73. The second kappa shape index (κ2) is 6.67. The van der Waals surface area contributed by atoms with Gasteiger partial charge in [-0.2, -0.15) is 0 Å². The highest BCUT2D eigenvalue weighted by Crippen LogP contribution is 2.19. The van der Waals surface area contributed by atoms with Crippen molar-refractivity contribution in [1.82, 2.24) is 14.8 Å². The monoisotopic (exact) mass is 291 g/mol. The van der Waals surface area contributed by atoms with E-state index in [2.05, 4.69) is 24.0 Å². The van der Waals surface area contributed by atoms with Crippen molar-refractivity contribution < 1.29 is 14.7 Å². The van der Waals surface area contributed by atoms with Gasteiger partial charge in [0.1, 0.15) is 5.69 Å². The molecule has 0 atom stereocenters. The number of carbonyl (C=O) groups excluding carboxylic acids is 1. The minimum absolute atomic E-state index is 0.0941. The van der Waals surface area contributed by atoms with Gasteiger partial charge in [0.15, 0.2) is 0 Å². The van der Waals surface area contributed by atoms with Crippen molar-refractivity contribution >= 4 is 11.9 Å². The van der Waals surface area contributed by atoms with Crippen molar-refractivity contribution in [2.24, 2.45) is 5.92 Å². The lowest BCUT2D eigenvalue weighted by Gasteiger charge is -2.33. The van der Waals surface area contributed by atoms with Crippen LogP contribution in [0, 0.1) is 5.92 Å². The topological polar surface area (TPSA) is 73.7 Å². The average Bonchev–Trinajstić information content (AvgIpc) is 2.47. The largest absolute Gasteiger partial charge is 0.477 e. The van der Waals surface area contributed by atoms with Gasteiger partial charge < -0.3 is 14.9 Å². The molecular weight excluding hydrogens is 270 g/mol. The van der Waals surface area contributed by atoms with E-state index < -0.39 is 5.97 Å². The standard InChI is InChI=1S/C15H21N3O3/c1-17(2)10-11-4-7-18(8-5-11)14(19)12-3-6-16-13(9-12)15(20)21/h3,6,9,11H,4-5,7-8,10H2,1-2H3,(H,20,21). The van der Waals surface area contributed by atoms with Gasteiger partial charge in [-0.1, -0.05) is 0 Å². The number of nitrogens with zero attached hydrogens (tertiary/aromatic N) is 3. The predicted molar refractivity (Wildman–Crippen MR) is 78.4 cm³/mol. The highest BCUT2D eigenvalue weighted by Gasteiger charge is 2.24. The summed E-state index contributed by atoms with van der Waals surface area (Å²) >= 11 is 0. The van der Waals surface area contributed by atoms with Crippen molar-refractivity contribution in [3.05, 3.63) is 29.6 Å². The van der Waals surface area contributed by atoms with E-state index in [4.69, 9.17) is 5.11 Å². The summed E-state index contributed by atoms with van der Waals surface area (Å²) in [5, 5.41) is 8.93. The van der Waals surface area contributed by atoms with Crippen LogP contribution in [0.3, 0.4) is 0 Å². The Morgan fingerprint density at radius 1 is 1.38 bits per heavy atom. The quantitative estimate of drug-likeness (QED) is 0.902. The molecule has 114 valence electrons. The van der Waals surface area contributed by atoms with Gasteiger partial charge >= 0.3 is 5.97 Å². The molecule has 0 aliphatic carbocycles. The fourth-order valence-corrected chi connectivity index (χ4v) is 2.70. The van der Waals surface area contributed by atoms with Gasteiger partial charge in [0.25, 0.3) is 5.91 Å². The Morgan fingerprint density at radius 2 is 2.05 bits per heavy atom. The molecule has 1 aromatic rings. The summed E-state index contributed by atoms with van der Waals surface area (Å²) in [7, 11) is 4.11. The molecule has 6 heteroatoms. The Bertz CT molecular complexity index is 523. The van der Waals surface area contributed by atoms with Gasteiger partial charge in [-0.05, 0) is 45.0 Å². The number of piperidine rings is 1. The van der Waals surface area contributed by atoms with E-state index >= 15 is 0 Å². The Morgan fingerprint density at radius 3 is 2.62 bits per heavy atom. The van der Waals surface area contributed by atoms with Crippen LogP contribution in [0.15, 0.2) is 18.3 Å². The highest BCUT2D eigenvalue weighted by molar-refractivity contribution is 5.96. The van der Waals surface area contributed by atoms with Crippen molar-refractivity contribution in [3.63, 3.8) is 0 Å². The van der Waals surface area contributed by atoms with Crippen molar-refractivity contribution in [2.75, 3.05) is 33.7 Å². The molecule has 1 aliphatic rings. The molecule has 1 N–H and O–H groups in total. The van der Waals surface area contributed by atoms with Crippen LogP contribution in [0.5, 0.6) is 0 Å². The summed E-state index contributed by atoms with van der Waals surface area (Å²) in [6.07, 6.45) is 3.34. The second-order valence-corrected chi connectivity index (χ2v) is 5.73. The summed E-state index contributed by atoms with van der Waals surface area (Å²) in [5.74, 6) is -0.603. The average molecular weight is 291 g/mol. The van der Waals surface area contributed by atoms with E-state index in [9.17, 15) is 9.59 Å². The first-order valence-electron chi connectivity index (χ1n) is 7.10. The number of aromatic carboxylic acids is 1. The fourth-order valence-electron chi connectivity index (χ4n) is 2.70. The lowest BCUT2D eigenvalue weighted by molar-refractivity contribution is 0.0677. The third-order valence-electron chi connectivity index (χ3n) is 3.75. The zero-order chi connectivity index (χ0) is 15.4. The van der Waals surface area contributed by atoms with Gasteiger partial charge in [0.2, 0.25) is 0 Å². The van der Waals surface area contributed by atoms with Gasteiger partial charge in [0.05, 0.1) is 0 Å². The summed E-state index contributed by atoms with van der Waals surface area (Å²) in [6.45, 7) is 2.49. The number of carbonyl (C=O) groups is 2. The smallest absolute Gasteiger partial charge is 0.354 e. The molecule has 0 aromatic carbocycles. The third kappa shape index (κ3) is 4.01. The molecule has 1 aliphatic heterocycles. The number of rotatable bonds is 4. The Balaban J connectivity index is 1.99. The summed E-state index contributed by atoms with van der Waals surface area (Å²) in [4.78, 5) is 31.0. The maximum Gasteiger partial charge on any atom is 0.354 e. The van der Waals surface area contributed by atoms with E-state index in [1.807, 2.05) is 0 Å². The Hall–Kier alpha value is -1.95. The zero-order valence-corrected chi connectivity index (χ0v) is 12.5. The van der Waals surface area contributed by atoms with E-state index in [1.54, 1.807) is 11.0 Å². The van der Waals surface area contributed by atoms with Gasteiger partial charge in [0, 0.05) is 31.4 Å². The minimum Gasteiger partial charge on any atom is -0.477 e. The lowest BCUT2D eigenvalue weighted by atomic mass is 9.96. The van der Waals surface area contributed by atoms with Gasteiger partial charge in [-0.25, -0.2) is 9.78 Å². The van der Waals surface area contributed by atoms with Crippen LogP contribution in [0.2, 0.25) is 0 Å². The van der Waals surface area contributed by atoms with Gasteiger partial charge in [-0.15, -0.1) is 0 Å². The zero-order valence-electron chi connectivity index (χ0n) is 12.5. The van der Waals surface area contributed by atoms with Crippen molar-refractivity contribution in [3.8, 4) is 0 Å². The predicted octanol–water partition coefficient (Wildman–Crippen LogP) is 1.19. The van der Waals surface area contributed by atoms with E-state index in [-0.39, 0.29) is 11.6 Å². The maximum atomic E-state index is 12.4. The van der Waals surface area contributed by atoms with Crippen LogP contribution in [-0.2, 0) is 0 Å². The highest BCUT2D eigenvalue weighted by atomic mass is 16.4. The van der Waals surface area contributed by atoms with E-state index in [1.165, 1.54) is 12.3 Å². The number of hydrogen-bond acceptors (Lipinski definition) is 4. The van der Waals surface area contributed by atoms with Crippen LogP contribution >= 0.6 is 0 Å². The van der Waals surface area contributed by atoms with Gasteiger partial charge in [-0.3, -0.25) is 4.79 Å². The molecule has 0 radical (unpaired) electrons. The number of carboxylic acids is 1. The number of likely N-dealkylation sites (tertiary alicyclic amines) is 1. The summed E-state index contributed by atoms with van der Waals surface area (Å²) in [5.41, 5.74) is 0.303. The molecule has 2 rings (SSSR count). The van der Waals surface area contributed by atoms with Crippen molar-refractivity contribution in [2.45, 2.75) is 12.8 Å². The first-order chi connectivity index (χ1) is 9.97. The van der Waals surface area contributed by atoms with Crippen molar-refractivity contribution in [1.29, 1.82) is 0 Å². The van der Waals surface area contributed by atoms with Crippen LogP contribution in [-0.4, -0.2) is 65.5 Å². The Labute approximate surface area is 124 Å². The fraction of sp³-hybridized carbons (Fsp3) is 0.533. The minimum atomic E-state index is -1.12. The van der Waals surface area contributed by atoms with E-state index in [0.717, 1.165) is 32.5 Å². The number of hydrogen-bond donors (Lipinski definition) is 1. The van der Waals surface area contributed by atoms with Crippen LogP contribution in [0.4, 0.5) is 0 Å².